The van der Waals surface area contributed by atoms with Crippen LogP contribution in [0.4, 0.5) is 18.9 Å². The van der Waals surface area contributed by atoms with Crippen molar-refractivity contribution in [3.05, 3.63) is 77.4 Å². The molecule has 0 bridgehead atoms. The SMILES string of the molecule is N#C/C(=C\C1CNNC1c1ccccc1)C(=O)Nc1ccccc1C(F)(F)F. The lowest BCUT2D eigenvalue weighted by atomic mass is 9.93. The number of hydrazine groups is 1. The topological polar surface area (TPSA) is 77.0 Å². The molecule has 144 valence electrons. The van der Waals surface area contributed by atoms with Crippen molar-refractivity contribution in [2.45, 2.75) is 12.2 Å². The summed E-state index contributed by atoms with van der Waals surface area (Å²) in [7, 11) is 0. The molecule has 1 saturated heterocycles. The number of halogens is 3. The molecule has 0 spiro atoms. The molecule has 0 radical (unpaired) electrons. The molecule has 1 heterocycles. The molecule has 2 atom stereocenters. The van der Waals surface area contributed by atoms with E-state index in [2.05, 4.69) is 16.2 Å². The Morgan fingerprint density at radius 2 is 1.82 bits per heavy atom. The van der Waals surface area contributed by atoms with Crippen LogP contribution in [0.2, 0.25) is 0 Å². The number of nitrogens with one attached hydrogen (secondary N) is 3. The first-order chi connectivity index (χ1) is 13.4. The van der Waals surface area contributed by atoms with Gasteiger partial charge in [0.25, 0.3) is 5.91 Å². The number of nitriles is 1. The Bertz CT molecular complexity index is 919. The molecule has 1 aliphatic rings. The summed E-state index contributed by atoms with van der Waals surface area (Å²) in [6.45, 7) is 0.469. The van der Waals surface area contributed by atoms with Gasteiger partial charge in [0.1, 0.15) is 11.6 Å². The zero-order valence-electron chi connectivity index (χ0n) is 14.6. The fraction of sp³-hybridized carbons (Fsp3) is 0.200. The number of para-hydroxylation sites is 1. The van der Waals surface area contributed by atoms with Gasteiger partial charge in [-0.3, -0.25) is 10.2 Å². The van der Waals surface area contributed by atoms with Gasteiger partial charge in [-0.1, -0.05) is 48.5 Å². The van der Waals surface area contributed by atoms with Crippen molar-refractivity contribution in [2.24, 2.45) is 5.92 Å². The number of carbonyl (C=O) groups is 1. The van der Waals surface area contributed by atoms with Crippen LogP contribution in [0.5, 0.6) is 0 Å². The molecule has 5 nitrogen and oxygen atoms in total. The number of rotatable bonds is 4. The minimum absolute atomic E-state index is 0.167. The molecule has 2 unspecified atom stereocenters. The van der Waals surface area contributed by atoms with Crippen molar-refractivity contribution in [3.63, 3.8) is 0 Å². The first kappa shape index (κ1) is 19.6. The van der Waals surface area contributed by atoms with Crippen molar-refractivity contribution in [1.82, 2.24) is 10.9 Å². The van der Waals surface area contributed by atoms with Crippen LogP contribution in [0.1, 0.15) is 17.2 Å². The van der Waals surface area contributed by atoms with Gasteiger partial charge in [0.15, 0.2) is 0 Å². The van der Waals surface area contributed by atoms with E-state index in [9.17, 15) is 23.2 Å². The van der Waals surface area contributed by atoms with E-state index in [1.54, 1.807) is 6.07 Å². The molecule has 3 N–H and O–H groups in total. The Balaban J connectivity index is 1.82. The molecule has 8 heteroatoms. The second kappa shape index (κ2) is 8.25. The predicted molar refractivity (Wildman–Crippen MR) is 97.6 cm³/mol. The number of nitrogens with zero attached hydrogens (tertiary/aromatic N) is 1. The van der Waals surface area contributed by atoms with E-state index in [1.807, 2.05) is 30.3 Å². The molecule has 28 heavy (non-hydrogen) atoms. The van der Waals surface area contributed by atoms with Gasteiger partial charge >= 0.3 is 6.18 Å². The minimum atomic E-state index is -4.61. The van der Waals surface area contributed by atoms with Gasteiger partial charge < -0.3 is 5.32 Å². The average molecular weight is 386 g/mol. The van der Waals surface area contributed by atoms with Gasteiger partial charge in [0.2, 0.25) is 0 Å². The normalized spacial score (nSPS) is 19.9. The number of hydrogen-bond donors (Lipinski definition) is 3. The zero-order chi connectivity index (χ0) is 20.1. The van der Waals surface area contributed by atoms with Crippen LogP contribution >= 0.6 is 0 Å². The first-order valence-corrected chi connectivity index (χ1v) is 8.53. The van der Waals surface area contributed by atoms with Crippen LogP contribution in [-0.4, -0.2) is 12.5 Å². The fourth-order valence-corrected chi connectivity index (χ4v) is 3.06. The highest BCUT2D eigenvalue weighted by Gasteiger charge is 2.34. The summed E-state index contributed by atoms with van der Waals surface area (Å²) in [5.74, 6) is -1.10. The van der Waals surface area contributed by atoms with Gasteiger partial charge in [0.05, 0.1) is 17.3 Å². The molecule has 0 aliphatic carbocycles. The molecule has 2 aromatic rings. The van der Waals surface area contributed by atoms with E-state index in [0.29, 0.717) is 6.54 Å². The van der Waals surface area contributed by atoms with Crippen LogP contribution in [-0.2, 0) is 11.0 Å². The van der Waals surface area contributed by atoms with Gasteiger partial charge in [-0.05, 0) is 17.7 Å². The summed E-state index contributed by atoms with van der Waals surface area (Å²) in [6.07, 6.45) is -3.13. The summed E-state index contributed by atoms with van der Waals surface area (Å²) in [4.78, 5) is 12.4. The lowest BCUT2D eigenvalue weighted by Gasteiger charge is -2.16. The van der Waals surface area contributed by atoms with E-state index in [4.69, 9.17) is 0 Å². The highest BCUT2D eigenvalue weighted by Crippen LogP contribution is 2.35. The monoisotopic (exact) mass is 386 g/mol. The van der Waals surface area contributed by atoms with Gasteiger partial charge in [-0.25, -0.2) is 5.43 Å². The summed E-state index contributed by atoms with van der Waals surface area (Å²) in [5.41, 5.74) is 5.44. The molecule has 1 fully saturated rings. The molecule has 3 rings (SSSR count). The molecular formula is C20H17F3N4O. The number of carbonyl (C=O) groups excluding carboxylic acids is 1. The third-order valence-corrected chi connectivity index (χ3v) is 4.41. The summed E-state index contributed by atoms with van der Waals surface area (Å²) < 4.78 is 39.3. The maximum absolute atomic E-state index is 13.1. The maximum atomic E-state index is 13.1. The molecular weight excluding hydrogens is 369 g/mol. The molecule has 1 amide bonds. The second-order valence-corrected chi connectivity index (χ2v) is 6.27. The van der Waals surface area contributed by atoms with E-state index >= 15 is 0 Å². The molecule has 0 saturated carbocycles. The van der Waals surface area contributed by atoms with Gasteiger partial charge in [-0.15, -0.1) is 0 Å². The summed E-state index contributed by atoms with van der Waals surface area (Å²) in [5, 5.41) is 11.6. The lowest BCUT2D eigenvalue weighted by Crippen LogP contribution is -2.25. The summed E-state index contributed by atoms with van der Waals surface area (Å²) in [6, 6.07) is 15.7. The van der Waals surface area contributed by atoms with E-state index in [0.717, 1.165) is 17.7 Å². The van der Waals surface area contributed by atoms with Crippen LogP contribution in [0.3, 0.4) is 0 Å². The first-order valence-electron chi connectivity index (χ1n) is 8.53. The third kappa shape index (κ3) is 4.39. The average Bonchev–Trinajstić information content (AvgIpc) is 3.14. The predicted octanol–water partition coefficient (Wildman–Crippen LogP) is 3.56. The lowest BCUT2D eigenvalue weighted by molar-refractivity contribution is -0.137. The van der Waals surface area contributed by atoms with Crippen molar-refractivity contribution < 1.29 is 18.0 Å². The zero-order valence-corrected chi connectivity index (χ0v) is 14.6. The summed E-state index contributed by atoms with van der Waals surface area (Å²) >= 11 is 0. The highest BCUT2D eigenvalue weighted by atomic mass is 19.4. The third-order valence-electron chi connectivity index (χ3n) is 4.41. The van der Waals surface area contributed by atoms with Crippen molar-refractivity contribution >= 4 is 11.6 Å². The van der Waals surface area contributed by atoms with Crippen molar-refractivity contribution in [1.29, 1.82) is 5.26 Å². The Morgan fingerprint density at radius 3 is 2.50 bits per heavy atom. The fourth-order valence-electron chi connectivity index (χ4n) is 3.06. The number of benzene rings is 2. The molecule has 2 aromatic carbocycles. The van der Waals surface area contributed by atoms with Crippen molar-refractivity contribution in [3.8, 4) is 6.07 Å². The second-order valence-electron chi connectivity index (χ2n) is 6.27. The quantitative estimate of drug-likeness (QED) is 0.555. The van der Waals surface area contributed by atoms with Gasteiger partial charge in [-0.2, -0.15) is 18.4 Å². The number of alkyl halides is 3. The maximum Gasteiger partial charge on any atom is 0.418 e. The van der Waals surface area contributed by atoms with Crippen LogP contribution in [0.25, 0.3) is 0 Å². The standard InChI is InChI=1S/C20H17F3N4O/c21-20(22,23)16-8-4-5-9-17(16)26-19(28)14(11-24)10-15-12-25-27-18(15)13-6-2-1-3-7-13/h1-10,15,18,25,27H,12H2,(H,26,28)/b14-10+. The van der Waals surface area contributed by atoms with E-state index in [1.165, 1.54) is 18.2 Å². The Hall–Kier alpha value is -3.15. The molecule has 1 aliphatic heterocycles. The smallest absolute Gasteiger partial charge is 0.321 e. The van der Waals surface area contributed by atoms with Gasteiger partial charge in [0, 0.05) is 12.5 Å². The van der Waals surface area contributed by atoms with Crippen LogP contribution in [0, 0.1) is 17.2 Å². The largest absolute Gasteiger partial charge is 0.418 e. The minimum Gasteiger partial charge on any atom is -0.321 e. The number of anilines is 1. The van der Waals surface area contributed by atoms with E-state index in [-0.39, 0.29) is 23.2 Å². The molecule has 0 aromatic heterocycles. The Labute approximate surface area is 159 Å². The van der Waals surface area contributed by atoms with E-state index < -0.39 is 17.6 Å². The number of hydrogen-bond acceptors (Lipinski definition) is 4. The van der Waals surface area contributed by atoms with Crippen molar-refractivity contribution in [2.75, 3.05) is 11.9 Å². The van der Waals surface area contributed by atoms with Crippen LogP contribution in [0.15, 0.2) is 66.2 Å². The Kier molecular flexibility index (Phi) is 5.78. The number of amides is 1. The highest BCUT2D eigenvalue weighted by molar-refractivity contribution is 6.07. The Morgan fingerprint density at radius 1 is 1.14 bits per heavy atom. The van der Waals surface area contributed by atoms with Crippen LogP contribution < -0.4 is 16.2 Å².